The zero-order valence-corrected chi connectivity index (χ0v) is 14.6. The van der Waals surface area contributed by atoms with Crippen LogP contribution in [0.5, 0.6) is 5.75 Å². The summed E-state index contributed by atoms with van der Waals surface area (Å²) in [6.07, 6.45) is 4.21. The fourth-order valence-electron chi connectivity index (χ4n) is 3.04. The quantitative estimate of drug-likeness (QED) is 0.840. The van der Waals surface area contributed by atoms with Crippen molar-refractivity contribution in [2.45, 2.75) is 13.3 Å². The summed E-state index contributed by atoms with van der Waals surface area (Å²) in [5.41, 5.74) is 2.33. The molecule has 2 aliphatic rings. The van der Waals surface area contributed by atoms with Crippen molar-refractivity contribution in [1.29, 1.82) is 0 Å². The predicted molar refractivity (Wildman–Crippen MR) is 98.5 cm³/mol. The molecule has 1 unspecified atom stereocenters. The van der Waals surface area contributed by atoms with E-state index in [1.807, 2.05) is 47.2 Å². The highest BCUT2D eigenvalue weighted by atomic mass is 16.6. The van der Waals surface area contributed by atoms with Crippen molar-refractivity contribution in [3.63, 3.8) is 0 Å². The molecular formula is C21H18N2O3. The number of hydrogen-bond donors (Lipinski definition) is 1. The molecule has 4 rings (SSSR count). The lowest BCUT2D eigenvalue weighted by molar-refractivity contribution is 0.192. The first-order valence-corrected chi connectivity index (χ1v) is 8.47. The highest BCUT2D eigenvalue weighted by molar-refractivity contribution is 5.80. The van der Waals surface area contributed by atoms with Crippen LogP contribution in [0.3, 0.4) is 0 Å². The van der Waals surface area contributed by atoms with E-state index in [0.29, 0.717) is 23.2 Å². The number of fused-ring (bicyclic) bond motifs is 3. The molecule has 0 radical (unpaired) electrons. The molecule has 0 spiro atoms. The molecule has 1 aliphatic heterocycles. The van der Waals surface area contributed by atoms with Crippen LogP contribution in [0.1, 0.15) is 19.0 Å². The Balaban J connectivity index is 1.96. The Hall–Kier alpha value is -3.39. The van der Waals surface area contributed by atoms with Crippen molar-refractivity contribution < 1.29 is 14.3 Å². The number of carbonyl (C=O) groups is 1. The van der Waals surface area contributed by atoms with Gasteiger partial charge in [0.15, 0.2) is 11.5 Å². The summed E-state index contributed by atoms with van der Waals surface area (Å²) in [5, 5.41) is 2.49. The van der Waals surface area contributed by atoms with E-state index in [1.54, 1.807) is 0 Å². The van der Waals surface area contributed by atoms with Crippen molar-refractivity contribution in [3.05, 3.63) is 65.7 Å². The standard InChI is InChI=1S/C21H18N2O3/c1-14-7-5-8-15(13-14)19-20(26-21(24)22-2)17-10-6-12-23(17)16-9-3-4-11-18(16)25-19/h3-4,6,9-14H,7H2,1-2H3,(H,22,24). The summed E-state index contributed by atoms with van der Waals surface area (Å²) in [7, 11) is 1.52. The number of benzene rings is 1. The van der Waals surface area contributed by atoms with Crippen molar-refractivity contribution in [2.75, 3.05) is 7.05 Å². The van der Waals surface area contributed by atoms with Gasteiger partial charge < -0.3 is 19.4 Å². The van der Waals surface area contributed by atoms with Crippen molar-refractivity contribution >= 4 is 11.9 Å². The fourth-order valence-corrected chi connectivity index (χ4v) is 3.04. The molecule has 26 heavy (non-hydrogen) atoms. The molecule has 1 aliphatic carbocycles. The van der Waals surface area contributed by atoms with E-state index < -0.39 is 6.09 Å². The molecule has 0 saturated heterocycles. The van der Waals surface area contributed by atoms with E-state index in [2.05, 4.69) is 30.2 Å². The molecule has 0 saturated carbocycles. The lowest BCUT2D eigenvalue weighted by atomic mass is 9.98. The Kier molecular flexibility index (Phi) is 4.02. The number of aromatic nitrogens is 1. The Morgan fingerprint density at radius 2 is 2.15 bits per heavy atom. The topological polar surface area (TPSA) is 52.5 Å². The molecule has 1 aromatic heterocycles. The van der Waals surface area contributed by atoms with E-state index >= 15 is 0 Å². The van der Waals surface area contributed by atoms with Gasteiger partial charge in [-0.25, -0.2) is 4.79 Å². The maximum Gasteiger partial charge on any atom is 0.412 e. The first kappa shape index (κ1) is 16.1. The van der Waals surface area contributed by atoms with E-state index in [9.17, 15) is 4.79 Å². The normalized spacial score (nSPS) is 17.6. The molecular weight excluding hydrogens is 328 g/mol. The van der Waals surface area contributed by atoms with Crippen LogP contribution in [0.15, 0.2) is 60.0 Å². The van der Waals surface area contributed by atoms with Gasteiger partial charge >= 0.3 is 6.09 Å². The molecule has 1 N–H and O–H groups in total. The van der Waals surface area contributed by atoms with Crippen LogP contribution in [-0.2, 0) is 4.74 Å². The first-order valence-electron chi connectivity index (χ1n) is 8.47. The number of nitrogens with one attached hydrogen (secondary N) is 1. The van der Waals surface area contributed by atoms with Crippen LogP contribution in [0.4, 0.5) is 4.79 Å². The van der Waals surface area contributed by atoms with Gasteiger partial charge in [-0.1, -0.05) is 37.0 Å². The number of rotatable bonds is 2. The third-order valence-corrected chi connectivity index (χ3v) is 4.27. The third kappa shape index (κ3) is 2.76. The second-order valence-corrected chi connectivity index (χ2v) is 6.19. The molecule has 0 fully saturated rings. The number of carbonyl (C=O) groups excluding carboxylic acids is 1. The van der Waals surface area contributed by atoms with Crippen molar-refractivity contribution in [1.82, 2.24) is 9.88 Å². The van der Waals surface area contributed by atoms with Crippen LogP contribution in [0.2, 0.25) is 0 Å². The third-order valence-electron chi connectivity index (χ3n) is 4.27. The summed E-state index contributed by atoms with van der Waals surface area (Å²) in [5.74, 6) is 8.05. The molecule has 5 heteroatoms. The van der Waals surface area contributed by atoms with Gasteiger partial charge in [-0.15, -0.1) is 0 Å². The smallest absolute Gasteiger partial charge is 0.412 e. The average molecular weight is 346 g/mol. The number of ether oxygens (including phenoxy) is 2. The van der Waals surface area contributed by atoms with Crippen molar-refractivity contribution in [3.8, 4) is 23.3 Å². The lowest BCUT2D eigenvalue weighted by Crippen LogP contribution is -2.20. The van der Waals surface area contributed by atoms with Gasteiger partial charge in [0.25, 0.3) is 0 Å². The van der Waals surface area contributed by atoms with E-state index in [4.69, 9.17) is 9.47 Å². The van der Waals surface area contributed by atoms with E-state index in [1.165, 1.54) is 7.05 Å². The summed E-state index contributed by atoms with van der Waals surface area (Å²) in [6.45, 7) is 2.10. The molecule has 1 atom stereocenters. The van der Waals surface area contributed by atoms with Gasteiger partial charge in [0.1, 0.15) is 0 Å². The summed E-state index contributed by atoms with van der Waals surface area (Å²) in [4.78, 5) is 12.0. The lowest BCUT2D eigenvalue weighted by Gasteiger charge is -2.16. The number of amides is 1. The Labute approximate surface area is 151 Å². The largest absolute Gasteiger partial charge is 0.450 e. The average Bonchev–Trinajstić information content (AvgIpc) is 3.09. The van der Waals surface area contributed by atoms with Gasteiger partial charge in [-0.05, 0) is 30.2 Å². The minimum Gasteiger partial charge on any atom is -0.450 e. The number of allylic oxidation sites excluding steroid dienone is 2. The van der Waals surface area contributed by atoms with E-state index in [0.717, 1.165) is 23.4 Å². The first-order chi connectivity index (χ1) is 12.7. The van der Waals surface area contributed by atoms with E-state index in [-0.39, 0.29) is 0 Å². The fraction of sp³-hybridized carbons (Fsp3) is 0.190. The minimum atomic E-state index is -0.558. The van der Waals surface area contributed by atoms with Gasteiger partial charge in [0.2, 0.25) is 5.76 Å². The number of nitrogens with zero attached hydrogens (tertiary/aromatic N) is 1. The van der Waals surface area contributed by atoms with Crippen LogP contribution in [-0.4, -0.2) is 17.7 Å². The maximum atomic E-state index is 12.0. The summed E-state index contributed by atoms with van der Waals surface area (Å²) in [6, 6.07) is 11.5. The number of hydrogen-bond acceptors (Lipinski definition) is 3. The highest BCUT2D eigenvalue weighted by Gasteiger charge is 2.28. The van der Waals surface area contributed by atoms with Crippen LogP contribution in [0, 0.1) is 17.8 Å². The predicted octanol–water partition coefficient (Wildman–Crippen LogP) is 3.86. The zero-order valence-electron chi connectivity index (χ0n) is 14.6. The Morgan fingerprint density at radius 3 is 2.96 bits per heavy atom. The Bertz CT molecular complexity index is 1000. The van der Waals surface area contributed by atoms with Gasteiger partial charge in [-0.3, -0.25) is 0 Å². The van der Waals surface area contributed by atoms with Crippen molar-refractivity contribution in [2.24, 2.45) is 5.92 Å². The summed E-state index contributed by atoms with van der Waals surface area (Å²) >= 11 is 0. The second-order valence-electron chi connectivity index (χ2n) is 6.19. The molecule has 130 valence electrons. The molecule has 0 bridgehead atoms. The number of alkyl carbamates (subject to hydrolysis) is 1. The second kappa shape index (κ2) is 6.49. The molecule has 5 nitrogen and oxygen atoms in total. The monoisotopic (exact) mass is 346 g/mol. The maximum absolute atomic E-state index is 12.0. The molecule has 2 heterocycles. The molecule has 1 aromatic carbocycles. The molecule has 1 amide bonds. The van der Waals surface area contributed by atoms with Gasteiger partial charge in [-0.2, -0.15) is 0 Å². The summed E-state index contributed by atoms with van der Waals surface area (Å²) < 4.78 is 13.8. The SMILES string of the molecule is CNC(=O)OC1=C(C2=CC(C)CC#C2)Oc2ccccc2-n2cccc21. The van der Waals surface area contributed by atoms with Crippen LogP contribution < -0.4 is 10.1 Å². The van der Waals surface area contributed by atoms with Gasteiger partial charge in [0.05, 0.1) is 17.0 Å². The zero-order chi connectivity index (χ0) is 18.1. The van der Waals surface area contributed by atoms with Gasteiger partial charge in [0, 0.05) is 19.7 Å². The molecule has 2 aromatic rings. The number of para-hydroxylation sites is 2. The van der Waals surface area contributed by atoms with Crippen LogP contribution in [0.25, 0.3) is 11.4 Å². The Morgan fingerprint density at radius 1 is 1.31 bits per heavy atom. The minimum absolute atomic E-state index is 0.300. The highest BCUT2D eigenvalue weighted by Crippen LogP contribution is 2.37. The van der Waals surface area contributed by atoms with Crippen LogP contribution >= 0.6 is 0 Å².